The molecule has 90 valence electrons. The number of benzene rings is 1. The molecule has 2 amide bonds. The van der Waals surface area contributed by atoms with Crippen molar-refractivity contribution in [2.45, 2.75) is 19.4 Å². The van der Waals surface area contributed by atoms with E-state index in [2.05, 4.69) is 10.6 Å². The summed E-state index contributed by atoms with van der Waals surface area (Å²) in [5, 5.41) is 5.48. The second-order valence-corrected chi connectivity index (χ2v) is 4.25. The van der Waals surface area contributed by atoms with Gasteiger partial charge in [-0.05, 0) is 30.7 Å². The molecule has 1 saturated heterocycles. The third-order valence-corrected chi connectivity index (χ3v) is 2.84. The van der Waals surface area contributed by atoms with E-state index in [1.54, 1.807) is 18.2 Å². The van der Waals surface area contributed by atoms with Gasteiger partial charge in [-0.3, -0.25) is 9.59 Å². The molecule has 0 radical (unpaired) electrons. The van der Waals surface area contributed by atoms with Crippen LogP contribution in [0.15, 0.2) is 18.2 Å². The number of hydrogen-bond acceptors (Lipinski definition) is 3. The molecule has 1 aliphatic heterocycles. The van der Waals surface area contributed by atoms with E-state index >= 15 is 0 Å². The van der Waals surface area contributed by atoms with Crippen molar-refractivity contribution >= 4 is 17.5 Å². The first-order valence-corrected chi connectivity index (χ1v) is 5.50. The molecule has 17 heavy (non-hydrogen) atoms. The van der Waals surface area contributed by atoms with Gasteiger partial charge in [0, 0.05) is 24.2 Å². The largest absolute Gasteiger partial charge is 0.399 e. The average molecular weight is 233 g/mol. The lowest BCUT2D eigenvalue weighted by molar-refractivity contribution is -0.119. The van der Waals surface area contributed by atoms with Crippen molar-refractivity contribution in [2.24, 2.45) is 0 Å². The van der Waals surface area contributed by atoms with Crippen molar-refractivity contribution in [3.05, 3.63) is 29.3 Å². The third-order valence-electron chi connectivity index (χ3n) is 2.84. The Labute approximate surface area is 99.4 Å². The molecule has 0 aliphatic carbocycles. The first kappa shape index (κ1) is 11.4. The molecule has 1 atom stereocenters. The minimum absolute atomic E-state index is 0.0243. The van der Waals surface area contributed by atoms with Crippen LogP contribution in [0.1, 0.15) is 22.3 Å². The number of anilines is 1. The summed E-state index contributed by atoms with van der Waals surface area (Å²) in [5.74, 6) is -0.196. The Morgan fingerprint density at radius 3 is 2.88 bits per heavy atom. The molecule has 1 aromatic rings. The van der Waals surface area contributed by atoms with Crippen molar-refractivity contribution in [3.63, 3.8) is 0 Å². The molecule has 1 heterocycles. The molecule has 4 N–H and O–H groups in total. The second kappa shape index (κ2) is 4.45. The van der Waals surface area contributed by atoms with E-state index in [-0.39, 0.29) is 17.9 Å². The van der Waals surface area contributed by atoms with Gasteiger partial charge in [0.2, 0.25) is 5.91 Å². The van der Waals surface area contributed by atoms with Crippen LogP contribution >= 0.6 is 0 Å². The van der Waals surface area contributed by atoms with Crippen molar-refractivity contribution in [3.8, 4) is 0 Å². The topological polar surface area (TPSA) is 84.2 Å². The van der Waals surface area contributed by atoms with Gasteiger partial charge < -0.3 is 16.4 Å². The van der Waals surface area contributed by atoms with Gasteiger partial charge in [-0.15, -0.1) is 0 Å². The van der Waals surface area contributed by atoms with Gasteiger partial charge in [-0.25, -0.2) is 0 Å². The number of amides is 2. The molecule has 1 unspecified atom stereocenters. The minimum atomic E-state index is -0.172. The summed E-state index contributed by atoms with van der Waals surface area (Å²) in [7, 11) is 0. The van der Waals surface area contributed by atoms with Gasteiger partial charge in [0.1, 0.15) is 0 Å². The van der Waals surface area contributed by atoms with Crippen LogP contribution in [-0.4, -0.2) is 24.4 Å². The number of hydrogen-bond donors (Lipinski definition) is 3. The van der Waals surface area contributed by atoms with Crippen LogP contribution in [-0.2, 0) is 4.79 Å². The van der Waals surface area contributed by atoms with Gasteiger partial charge >= 0.3 is 0 Å². The lowest BCUT2D eigenvalue weighted by Crippen LogP contribution is -2.36. The summed E-state index contributed by atoms with van der Waals surface area (Å²) >= 11 is 0. The molecule has 1 aromatic carbocycles. The molecule has 2 rings (SSSR count). The normalized spacial score (nSPS) is 18.9. The number of rotatable bonds is 2. The maximum Gasteiger partial charge on any atom is 0.251 e. The second-order valence-electron chi connectivity index (χ2n) is 4.25. The van der Waals surface area contributed by atoms with Crippen LogP contribution in [0.25, 0.3) is 0 Å². The summed E-state index contributed by atoms with van der Waals surface area (Å²) in [5.41, 5.74) is 7.79. The van der Waals surface area contributed by atoms with Crippen molar-refractivity contribution < 1.29 is 9.59 Å². The molecular weight excluding hydrogens is 218 g/mol. The highest BCUT2D eigenvalue weighted by atomic mass is 16.2. The Kier molecular flexibility index (Phi) is 2.99. The predicted molar refractivity (Wildman–Crippen MR) is 64.5 cm³/mol. The Morgan fingerprint density at radius 2 is 2.29 bits per heavy atom. The molecule has 5 heteroatoms. The van der Waals surface area contributed by atoms with Gasteiger partial charge in [0.15, 0.2) is 0 Å². The maximum atomic E-state index is 11.9. The van der Waals surface area contributed by atoms with E-state index in [0.29, 0.717) is 24.2 Å². The van der Waals surface area contributed by atoms with Gasteiger partial charge in [-0.2, -0.15) is 0 Å². The highest BCUT2D eigenvalue weighted by Gasteiger charge is 2.23. The highest BCUT2D eigenvalue weighted by Crippen LogP contribution is 2.13. The fourth-order valence-electron chi connectivity index (χ4n) is 1.79. The van der Waals surface area contributed by atoms with Gasteiger partial charge in [0.25, 0.3) is 5.91 Å². The molecule has 0 spiro atoms. The van der Waals surface area contributed by atoms with Crippen LogP contribution in [0.5, 0.6) is 0 Å². The van der Waals surface area contributed by atoms with Crippen molar-refractivity contribution in [1.29, 1.82) is 0 Å². The number of carbonyl (C=O) groups is 2. The fourth-order valence-corrected chi connectivity index (χ4v) is 1.79. The van der Waals surface area contributed by atoms with E-state index in [1.807, 2.05) is 6.92 Å². The SMILES string of the molecule is Cc1cc(C(=O)NC2CNC(=O)C2)ccc1N. The minimum Gasteiger partial charge on any atom is -0.399 e. The number of nitrogens with one attached hydrogen (secondary N) is 2. The zero-order valence-corrected chi connectivity index (χ0v) is 9.62. The third kappa shape index (κ3) is 2.55. The Balaban J connectivity index is 2.04. The maximum absolute atomic E-state index is 11.9. The molecular formula is C12H15N3O2. The predicted octanol–water partition coefficient (Wildman–Crippen LogP) is 0.196. The standard InChI is InChI=1S/C12H15N3O2/c1-7-4-8(2-3-10(7)13)12(17)15-9-5-11(16)14-6-9/h2-4,9H,5-6,13H2,1H3,(H,14,16)(H,15,17). The Bertz CT molecular complexity index is 471. The lowest BCUT2D eigenvalue weighted by Gasteiger charge is -2.11. The molecule has 5 nitrogen and oxygen atoms in total. The molecule has 0 aromatic heterocycles. The van der Waals surface area contributed by atoms with Crippen molar-refractivity contribution in [1.82, 2.24) is 10.6 Å². The summed E-state index contributed by atoms with van der Waals surface area (Å²) in [6.07, 6.45) is 0.347. The fraction of sp³-hybridized carbons (Fsp3) is 0.333. The summed E-state index contributed by atoms with van der Waals surface area (Å²) < 4.78 is 0. The quantitative estimate of drug-likeness (QED) is 0.638. The number of nitrogens with two attached hydrogens (primary N) is 1. The lowest BCUT2D eigenvalue weighted by atomic mass is 10.1. The van der Waals surface area contributed by atoms with E-state index in [4.69, 9.17) is 5.73 Å². The summed E-state index contributed by atoms with van der Waals surface area (Å²) in [6.45, 7) is 2.35. The Hall–Kier alpha value is -2.04. The molecule has 0 bridgehead atoms. The molecule has 1 fully saturated rings. The van der Waals surface area contributed by atoms with E-state index in [0.717, 1.165) is 5.56 Å². The smallest absolute Gasteiger partial charge is 0.251 e. The van der Waals surface area contributed by atoms with E-state index in [1.165, 1.54) is 0 Å². The van der Waals surface area contributed by atoms with Crippen LogP contribution in [0, 0.1) is 6.92 Å². The number of nitrogen functional groups attached to an aromatic ring is 1. The zero-order valence-electron chi connectivity index (χ0n) is 9.62. The van der Waals surface area contributed by atoms with Crippen LogP contribution < -0.4 is 16.4 Å². The number of carbonyl (C=O) groups excluding carboxylic acids is 2. The van der Waals surface area contributed by atoms with Gasteiger partial charge in [0.05, 0.1) is 6.04 Å². The zero-order chi connectivity index (χ0) is 12.4. The van der Waals surface area contributed by atoms with Crippen molar-refractivity contribution in [2.75, 3.05) is 12.3 Å². The first-order chi connectivity index (χ1) is 8.06. The summed E-state index contributed by atoms with van der Waals surface area (Å²) in [6, 6.07) is 5.02. The molecule has 1 aliphatic rings. The molecule has 0 saturated carbocycles. The Morgan fingerprint density at radius 1 is 1.53 bits per heavy atom. The van der Waals surface area contributed by atoms with E-state index in [9.17, 15) is 9.59 Å². The number of aryl methyl sites for hydroxylation is 1. The average Bonchev–Trinajstić information content (AvgIpc) is 2.68. The first-order valence-electron chi connectivity index (χ1n) is 5.50. The van der Waals surface area contributed by atoms with Crippen LogP contribution in [0.2, 0.25) is 0 Å². The van der Waals surface area contributed by atoms with E-state index < -0.39 is 0 Å². The summed E-state index contributed by atoms with van der Waals surface area (Å²) in [4.78, 5) is 22.9. The van der Waals surface area contributed by atoms with Crippen LogP contribution in [0.3, 0.4) is 0 Å². The van der Waals surface area contributed by atoms with Crippen LogP contribution in [0.4, 0.5) is 5.69 Å². The van der Waals surface area contributed by atoms with Gasteiger partial charge in [-0.1, -0.05) is 0 Å². The monoisotopic (exact) mass is 233 g/mol. The highest BCUT2D eigenvalue weighted by molar-refractivity contribution is 5.95.